The summed E-state index contributed by atoms with van der Waals surface area (Å²) in [6.45, 7) is 11.0. The van der Waals surface area contributed by atoms with E-state index in [1.807, 2.05) is 26.8 Å². The Bertz CT molecular complexity index is 634. The summed E-state index contributed by atoms with van der Waals surface area (Å²) < 4.78 is 11.6. The fourth-order valence-corrected chi connectivity index (χ4v) is 3.52. The van der Waals surface area contributed by atoms with Crippen molar-refractivity contribution in [3.63, 3.8) is 0 Å². The van der Waals surface area contributed by atoms with Crippen LogP contribution in [0.4, 0.5) is 4.79 Å². The van der Waals surface area contributed by atoms with Crippen LogP contribution >= 0.6 is 0 Å². The van der Waals surface area contributed by atoms with Crippen LogP contribution in [-0.4, -0.2) is 47.3 Å². The second-order valence-electron chi connectivity index (χ2n) is 8.21. The number of carbonyl (C=O) groups excluding carboxylic acids is 1. The first-order valence-corrected chi connectivity index (χ1v) is 9.71. The molecule has 6 heteroatoms. The van der Waals surface area contributed by atoms with Gasteiger partial charge in [-0.2, -0.15) is 0 Å². The van der Waals surface area contributed by atoms with Gasteiger partial charge in [0.1, 0.15) is 11.7 Å². The number of rotatable bonds is 3. The molecule has 3 heterocycles. The summed E-state index contributed by atoms with van der Waals surface area (Å²) in [5.41, 5.74) is 1.99. The summed E-state index contributed by atoms with van der Waals surface area (Å²) in [5, 5.41) is 3.44. The average Bonchev–Trinajstić information content (AvgIpc) is 2.60. The third-order valence-electron chi connectivity index (χ3n) is 4.95. The number of nitrogens with one attached hydrogen (secondary N) is 1. The van der Waals surface area contributed by atoms with Crippen LogP contribution in [-0.2, 0) is 11.3 Å². The SMILES string of the molecule is CCC1CNCc2ccc(OC3CCN(C(=O)OC(C)(C)C)CC3)nc21. The van der Waals surface area contributed by atoms with Crippen molar-refractivity contribution < 1.29 is 14.3 Å². The Kier molecular flexibility index (Phi) is 5.70. The van der Waals surface area contributed by atoms with E-state index in [1.54, 1.807) is 4.90 Å². The van der Waals surface area contributed by atoms with Gasteiger partial charge in [0.25, 0.3) is 0 Å². The molecule has 0 bridgehead atoms. The first-order chi connectivity index (χ1) is 12.4. The molecule has 6 nitrogen and oxygen atoms in total. The van der Waals surface area contributed by atoms with Crippen LogP contribution in [0.3, 0.4) is 0 Å². The highest BCUT2D eigenvalue weighted by atomic mass is 16.6. The van der Waals surface area contributed by atoms with E-state index in [0.717, 1.165) is 32.4 Å². The molecule has 1 N–H and O–H groups in total. The van der Waals surface area contributed by atoms with Crippen molar-refractivity contribution in [2.24, 2.45) is 0 Å². The van der Waals surface area contributed by atoms with Gasteiger partial charge in [0.2, 0.25) is 5.88 Å². The normalized spacial score (nSPS) is 21.2. The highest BCUT2D eigenvalue weighted by Crippen LogP contribution is 2.28. The van der Waals surface area contributed by atoms with Gasteiger partial charge in [0, 0.05) is 51.0 Å². The van der Waals surface area contributed by atoms with Crippen molar-refractivity contribution >= 4 is 6.09 Å². The molecule has 1 saturated heterocycles. The lowest BCUT2D eigenvalue weighted by atomic mass is 9.94. The minimum atomic E-state index is -0.456. The van der Waals surface area contributed by atoms with Gasteiger partial charge in [-0.25, -0.2) is 9.78 Å². The number of carbonyl (C=O) groups is 1. The number of aromatic nitrogens is 1. The van der Waals surface area contributed by atoms with Crippen molar-refractivity contribution in [3.05, 3.63) is 23.4 Å². The molecular weight excluding hydrogens is 330 g/mol. The maximum atomic E-state index is 12.2. The van der Waals surface area contributed by atoms with Crippen LogP contribution < -0.4 is 10.1 Å². The van der Waals surface area contributed by atoms with Crippen LogP contribution in [0, 0.1) is 0 Å². The number of amides is 1. The van der Waals surface area contributed by atoms with E-state index in [-0.39, 0.29) is 12.2 Å². The Morgan fingerprint density at radius 2 is 2.04 bits per heavy atom. The van der Waals surface area contributed by atoms with E-state index in [1.165, 1.54) is 11.3 Å². The topological polar surface area (TPSA) is 63.7 Å². The minimum absolute atomic E-state index is 0.0982. The number of fused-ring (bicyclic) bond motifs is 1. The molecule has 0 radical (unpaired) electrons. The van der Waals surface area contributed by atoms with Gasteiger partial charge in [-0.3, -0.25) is 0 Å². The third-order valence-corrected chi connectivity index (χ3v) is 4.95. The molecule has 144 valence electrons. The van der Waals surface area contributed by atoms with Crippen molar-refractivity contribution in [3.8, 4) is 5.88 Å². The van der Waals surface area contributed by atoms with Gasteiger partial charge >= 0.3 is 6.09 Å². The molecule has 1 fully saturated rings. The molecule has 1 unspecified atom stereocenters. The third kappa shape index (κ3) is 4.67. The molecule has 1 atom stereocenters. The molecule has 3 rings (SSSR count). The molecule has 1 aromatic rings. The Labute approximate surface area is 156 Å². The Balaban J connectivity index is 1.56. The number of hydrogen-bond donors (Lipinski definition) is 1. The van der Waals surface area contributed by atoms with Gasteiger partial charge in [-0.05, 0) is 32.8 Å². The molecule has 1 aromatic heterocycles. The molecular formula is C20H31N3O3. The second-order valence-corrected chi connectivity index (χ2v) is 8.21. The standard InChI is InChI=1S/C20H31N3O3/c1-5-14-12-21-13-15-6-7-17(22-18(14)15)25-16-8-10-23(11-9-16)19(24)26-20(2,3)4/h6-7,14,16,21H,5,8-13H2,1-4H3. The van der Waals surface area contributed by atoms with Gasteiger partial charge in [0.05, 0.1) is 5.69 Å². The summed E-state index contributed by atoms with van der Waals surface area (Å²) in [7, 11) is 0. The molecule has 0 aliphatic carbocycles. The first kappa shape index (κ1) is 19.0. The lowest BCUT2D eigenvalue weighted by molar-refractivity contribution is 0.0123. The average molecular weight is 361 g/mol. The molecule has 2 aliphatic rings. The van der Waals surface area contributed by atoms with Crippen molar-refractivity contribution in [2.45, 2.75) is 71.1 Å². The lowest BCUT2D eigenvalue weighted by Crippen LogP contribution is -2.44. The van der Waals surface area contributed by atoms with Gasteiger partial charge < -0.3 is 19.7 Å². The predicted molar refractivity (Wildman–Crippen MR) is 100 cm³/mol. The number of piperidine rings is 1. The monoisotopic (exact) mass is 361 g/mol. The fourth-order valence-electron chi connectivity index (χ4n) is 3.52. The summed E-state index contributed by atoms with van der Waals surface area (Å²) in [5.74, 6) is 1.16. The van der Waals surface area contributed by atoms with Crippen molar-refractivity contribution in [1.82, 2.24) is 15.2 Å². The summed E-state index contributed by atoms with van der Waals surface area (Å²) in [6.07, 6.45) is 2.54. The van der Waals surface area contributed by atoms with E-state index in [4.69, 9.17) is 14.5 Å². The lowest BCUT2D eigenvalue weighted by Gasteiger charge is -2.33. The zero-order valence-corrected chi connectivity index (χ0v) is 16.4. The minimum Gasteiger partial charge on any atom is -0.474 e. The maximum Gasteiger partial charge on any atom is 0.410 e. The van der Waals surface area contributed by atoms with Gasteiger partial charge in [-0.1, -0.05) is 13.0 Å². The molecule has 0 aromatic carbocycles. The van der Waals surface area contributed by atoms with Gasteiger partial charge in [0.15, 0.2) is 0 Å². The summed E-state index contributed by atoms with van der Waals surface area (Å²) in [4.78, 5) is 18.7. The highest BCUT2D eigenvalue weighted by Gasteiger charge is 2.28. The zero-order chi connectivity index (χ0) is 18.7. The van der Waals surface area contributed by atoms with Crippen molar-refractivity contribution in [2.75, 3.05) is 19.6 Å². The fraction of sp³-hybridized carbons (Fsp3) is 0.700. The zero-order valence-electron chi connectivity index (χ0n) is 16.4. The smallest absolute Gasteiger partial charge is 0.410 e. The van der Waals surface area contributed by atoms with E-state index >= 15 is 0 Å². The second kappa shape index (κ2) is 7.82. The number of pyridine rings is 1. The van der Waals surface area contributed by atoms with E-state index < -0.39 is 5.60 Å². The largest absolute Gasteiger partial charge is 0.474 e. The molecule has 0 saturated carbocycles. The Hall–Kier alpha value is -1.82. The molecule has 26 heavy (non-hydrogen) atoms. The maximum absolute atomic E-state index is 12.2. The van der Waals surface area contributed by atoms with Crippen LogP contribution in [0.15, 0.2) is 12.1 Å². The number of hydrogen-bond acceptors (Lipinski definition) is 5. The van der Waals surface area contributed by atoms with Crippen LogP contribution in [0.1, 0.15) is 64.1 Å². The number of likely N-dealkylation sites (tertiary alicyclic amines) is 1. The van der Waals surface area contributed by atoms with Crippen LogP contribution in [0.25, 0.3) is 0 Å². The first-order valence-electron chi connectivity index (χ1n) is 9.71. The van der Waals surface area contributed by atoms with E-state index in [9.17, 15) is 4.79 Å². The van der Waals surface area contributed by atoms with Crippen molar-refractivity contribution in [1.29, 1.82) is 0 Å². The highest BCUT2D eigenvalue weighted by molar-refractivity contribution is 5.68. The predicted octanol–water partition coefficient (Wildman–Crippen LogP) is 3.46. The summed E-state index contributed by atoms with van der Waals surface area (Å²) >= 11 is 0. The number of nitrogens with zero attached hydrogens (tertiary/aromatic N) is 2. The van der Waals surface area contributed by atoms with Crippen LogP contribution in [0.5, 0.6) is 5.88 Å². The van der Waals surface area contributed by atoms with Crippen LogP contribution in [0.2, 0.25) is 0 Å². The quantitative estimate of drug-likeness (QED) is 0.893. The van der Waals surface area contributed by atoms with E-state index in [2.05, 4.69) is 18.3 Å². The Morgan fingerprint density at radius 1 is 1.31 bits per heavy atom. The Morgan fingerprint density at radius 3 is 2.69 bits per heavy atom. The molecule has 1 amide bonds. The molecule has 2 aliphatic heterocycles. The van der Waals surface area contributed by atoms with Gasteiger partial charge in [-0.15, -0.1) is 0 Å². The molecule has 0 spiro atoms. The number of ether oxygens (including phenoxy) is 2. The van der Waals surface area contributed by atoms with E-state index in [0.29, 0.717) is 24.9 Å². The summed E-state index contributed by atoms with van der Waals surface area (Å²) in [6, 6.07) is 4.10.